The van der Waals surface area contributed by atoms with Crippen molar-refractivity contribution >= 4 is 17.9 Å². The number of allylic oxidation sites excluding steroid dienone is 1. The van der Waals surface area contributed by atoms with Crippen LogP contribution in [0.2, 0.25) is 0 Å². The zero-order valence-electron chi connectivity index (χ0n) is 18.8. The van der Waals surface area contributed by atoms with E-state index in [4.69, 9.17) is 9.47 Å². The summed E-state index contributed by atoms with van der Waals surface area (Å²) >= 11 is 0. The first-order valence-corrected chi connectivity index (χ1v) is 10.8. The lowest BCUT2D eigenvalue weighted by Crippen LogP contribution is -2.77. The predicted octanol–water partition coefficient (Wildman–Crippen LogP) is -0.865. The van der Waals surface area contributed by atoms with E-state index in [-0.39, 0.29) is 25.4 Å². The van der Waals surface area contributed by atoms with E-state index in [1.807, 2.05) is 30.3 Å². The second-order valence-electron chi connectivity index (χ2n) is 8.90. The number of carboxylic acid groups (broad SMARTS) is 3. The lowest BCUT2D eigenvalue weighted by atomic mass is 9.74. The van der Waals surface area contributed by atoms with Crippen molar-refractivity contribution < 1.29 is 59.6 Å². The molecule has 0 saturated carbocycles. The zero-order valence-corrected chi connectivity index (χ0v) is 18.8. The lowest BCUT2D eigenvalue weighted by Gasteiger charge is -2.48. The van der Waals surface area contributed by atoms with Gasteiger partial charge in [-0.15, -0.1) is 0 Å². The van der Waals surface area contributed by atoms with Gasteiger partial charge in [0.25, 0.3) is 0 Å². The molecule has 2 aliphatic heterocycles. The lowest BCUT2D eigenvalue weighted by molar-refractivity contribution is -0.373. The van der Waals surface area contributed by atoms with Crippen LogP contribution in [-0.4, -0.2) is 95.6 Å². The summed E-state index contributed by atoms with van der Waals surface area (Å²) in [7, 11) is 0. The van der Waals surface area contributed by atoms with E-state index in [1.54, 1.807) is 13.0 Å². The monoisotopic (exact) mass is 496 g/mol. The second kappa shape index (κ2) is 9.64. The third kappa shape index (κ3) is 4.22. The number of rotatable bonds is 10. The molecule has 2 heterocycles. The molecule has 2 aliphatic rings. The van der Waals surface area contributed by atoms with E-state index < -0.39 is 53.2 Å². The van der Waals surface area contributed by atoms with E-state index in [9.17, 15) is 50.1 Å². The first kappa shape index (κ1) is 26.7. The van der Waals surface area contributed by atoms with Crippen LogP contribution in [0.1, 0.15) is 25.3 Å². The van der Waals surface area contributed by atoms with Crippen molar-refractivity contribution in [1.29, 1.82) is 0 Å². The molecule has 2 fully saturated rings. The highest BCUT2D eigenvalue weighted by molar-refractivity contribution is 5.97. The number of carbonyl (C=O) groups is 3. The molecule has 0 aromatic heterocycles. The topological polar surface area (TPSA) is 211 Å². The fourth-order valence-electron chi connectivity index (χ4n) is 4.77. The molecule has 12 nitrogen and oxygen atoms in total. The Morgan fingerprint density at radius 1 is 1.06 bits per heavy atom. The molecule has 3 rings (SSSR count). The summed E-state index contributed by atoms with van der Waals surface area (Å²) in [5.41, 5.74) is -5.56. The van der Waals surface area contributed by atoms with Crippen LogP contribution in [0.15, 0.2) is 42.0 Å². The number of aliphatic carboxylic acids is 3. The van der Waals surface area contributed by atoms with Gasteiger partial charge in [0, 0.05) is 18.9 Å². The van der Waals surface area contributed by atoms with Crippen molar-refractivity contribution in [3.8, 4) is 0 Å². The molecule has 0 aliphatic carbocycles. The maximum absolute atomic E-state index is 12.1. The van der Waals surface area contributed by atoms with E-state index in [0.29, 0.717) is 12.0 Å². The number of hydrogen-bond acceptors (Lipinski definition) is 9. The van der Waals surface area contributed by atoms with Gasteiger partial charge >= 0.3 is 17.9 Å². The van der Waals surface area contributed by atoms with Crippen LogP contribution in [0.5, 0.6) is 0 Å². The Balaban J connectivity index is 1.90. The zero-order chi connectivity index (χ0) is 26.2. The Morgan fingerprint density at radius 3 is 2.20 bits per heavy atom. The van der Waals surface area contributed by atoms with E-state index >= 15 is 0 Å². The number of ether oxygens (including phenoxy) is 2. The van der Waals surface area contributed by atoms with E-state index in [0.717, 1.165) is 5.56 Å². The van der Waals surface area contributed by atoms with Gasteiger partial charge in [-0.3, -0.25) is 0 Å². The molecule has 0 amide bonds. The molecule has 12 heteroatoms. The van der Waals surface area contributed by atoms with Crippen molar-refractivity contribution in [3.05, 3.63) is 47.5 Å². The standard InChI is InChI=1S/C23H28O12/c1-12(9-14(11-24)10-13-5-3-2-4-6-13)7-8-21-15(25)16(26)23(35-21,20(31)32)22(33,19(29)30)17(34-21)18(27)28/h2-6,9,14-17,24-26,33H,7-8,10-11H2,1H3,(H,27,28)(H,29,30)(H,31,32)/b12-9+/t14?,15-,16-,17-,21+,22-,23+/m1/s1. The fourth-order valence-corrected chi connectivity index (χ4v) is 4.77. The number of carboxylic acids is 3. The summed E-state index contributed by atoms with van der Waals surface area (Å²) in [6.07, 6.45) is -5.49. The first-order valence-electron chi connectivity index (χ1n) is 10.8. The minimum Gasteiger partial charge on any atom is -0.479 e. The van der Waals surface area contributed by atoms with Crippen LogP contribution in [0.3, 0.4) is 0 Å². The van der Waals surface area contributed by atoms with E-state index in [2.05, 4.69) is 0 Å². The maximum atomic E-state index is 12.1. The van der Waals surface area contributed by atoms with Crippen molar-refractivity contribution in [2.45, 2.75) is 61.5 Å². The SMILES string of the molecule is C/C(=C\C(CO)Cc1ccccc1)CC[C@]12O[C@H](C(=O)O)[C@@](O)(C(=O)O)[C@](C(=O)O)(O1)[C@H](O)[C@H]2O. The van der Waals surface area contributed by atoms with Gasteiger partial charge in [-0.05, 0) is 25.3 Å². The van der Waals surface area contributed by atoms with Crippen molar-refractivity contribution in [1.82, 2.24) is 0 Å². The summed E-state index contributed by atoms with van der Waals surface area (Å²) in [4.78, 5) is 35.8. The van der Waals surface area contributed by atoms with Crippen LogP contribution in [-0.2, 0) is 30.3 Å². The smallest absolute Gasteiger partial charge is 0.343 e. The van der Waals surface area contributed by atoms with Gasteiger partial charge in [0.1, 0.15) is 12.2 Å². The number of hydrogen-bond donors (Lipinski definition) is 7. The molecule has 2 bridgehead atoms. The van der Waals surface area contributed by atoms with Gasteiger partial charge in [-0.25, -0.2) is 14.4 Å². The first-order chi connectivity index (χ1) is 16.4. The largest absolute Gasteiger partial charge is 0.479 e. The average Bonchev–Trinajstić information content (AvgIpc) is 3.01. The Kier molecular flexibility index (Phi) is 7.37. The molecule has 192 valence electrons. The molecule has 1 unspecified atom stereocenters. The van der Waals surface area contributed by atoms with Gasteiger partial charge in [0.2, 0.25) is 17.3 Å². The van der Waals surface area contributed by atoms with Crippen molar-refractivity contribution in [2.75, 3.05) is 6.61 Å². The molecule has 7 atom stereocenters. The number of fused-ring (bicyclic) bond motifs is 2. The highest BCUT2D eigenvalue weighted by Gasteiger charge is 2.84. The summed E-state index contributed by atoms with van der Waals surface area (Å²) in [5, 5.41) is 70.5. The third-order valence-corrected chi connectivity index (χ3v) is 6.59. The maximum Gasteiger partial charge on any atom is 0.343 e. The molecule has 7 N–H and O–H groups in total. The molecule has 0 radical (unpaired) electrons. The van der Waals surface area contributed by atoms with E-state index in [1.165, 1.54) is 0 Å². The van der Waals surface area contributed by atoms with Gasteiger partial charge in [0.05, 0.1) is 0 Å². The second-order valence-corrected chi connectivity index (χ2v) is 8.90. The summed E-state index contributed by atoms with van der Waals surface area (Å²) in [6, 6.07) is 9.36. The molecular formula is C23H28O12. The van der Waals surface area contributed by atoms with Crippen LogP contribution < -0.4 is 0 Å². The molecule has 1 aromatic rings. The highest BCUT2D eigenvalue weighted by atomic mass is 16.8. The summed E-state index contributed by atoms with van der Waals surface area (Å²) < 4.78 is 10.5. The average molecular weight is 496 g/mol. The number of aliphatic hydroxyl groups is 4. The van der Waals surface area contributed by atoms with Crippen molar-refractivity contribution in [2.24, 2.45) is 5.92 Å². The van der Waals surface area contributed by atoms with Gasteiger partial charge < -0.3 is 45.2 Å². The van der Waals surface area contributed by atoms with Crippen LogP contribution in [0, 0.1) is 5.92 Å². The number of aliphatic hydroxyl groups excluding tert-OH is 3. The van der Waals surface area contributed by atoms with Crippen LogP contribution in [0.25, 0.3) is 0 Å². The fraction of sp³-hybridized carbons (Fsp3) is 0.522. The van der Waals surface area contributed by atoms with Crippen molar-refractivity contribution in [3.63, 3.8) is 0 Å². The highest BCUT2D eigenvalue weighted by Crippen LogP contribution is 2.54. The minimum atomic E-state index is -3.76. The summed E-state index contributed by atoms with van der Waals surface area (Å²) in [5.74, 6) is -9.25. The van der Waals surface area contributed by atoms with Crippen LogP contribution in [0.4, 0.5) is 0 Å². The Bertz CT molecular complexity index is 1010. The molecule has 0 spiro atoms. The predicted molar refractivity (Wildman–Crippen MR) is 115 cm³/mol. The molecule has 2 saturated heterocycles. The Labute approximate surface area is 199 Å². The van der Waals surface area contributed by atoms with Gasteiger partial charge in [-0.2, -0.15) is 0 Å². The normalized spacial score (nSPS) is 35.5. The Morgan fingerprint density at radius 2 is 1.69 bits per heavy atom. The Hall–Kier alpha value is -2.87. The van der Waals surface area contributed by atoms with Crippen LogP contribution >= 0.6 is 0 Å². The minimum absolute atomic E-state index is 0.0304. The summed E-state index contributed by atoms with van der Waals surface area (Å²) in [6.45, 7) is 1.50. The number of benzene rings is 1. The quantitative estimate of drug-likeness (QED) is 0.197. The molecular weight excluding hydrogens is 468 g/mol. The molecule has 1 aromatic carbocycles. The third-order valence-electron chi connectivity index (χ3n) is 6.59. The van der Waals surface area contributed by atoms with Gasteiger partial charge in [0.15, 0.2) is 5.79 Å². The van der Waals surface area contributed by atoms with Gasteiger partial charge in [-0.1, -0.05) is 42.0 Å². The molecule has 35 heavy (non-hydrogen) atoms.